The third kappa shape index (κ3) is 4.43. The molecule has 6 nitrogen and oxygen atoms in total. The van der Waals surface area contributed by atoms with E-state index in [0.29, 0.717) is 23.1 Å². The van der Waals surface area contributed by atoms with Gasteiger partial charge in [0.25, 0.3) is 0 Å². The molecule has 0 atom stereocenters. The quantitative estimate of drug-likeness (QED) is 0.199. The van der Waals surface area contributed by atoms with Crippen molar-refractivity contribution >= 4 is 11.0 Å². The molecule has 0 radical (unpaired) electrons. The molecule has 0 unspecified atom stereocenters. The lowest BCUT2D eigenvalue weighted by Crippen LogP contribution is -1.98. The molecule has 0 fully saturated rings. The van der Waals surface area contributed by atoms with Crippen molar-refractivity contribution in [1.82, 2.24) is 29.9 Å². The summed E-state index contributed by atoms with van der Waals surface area (Å²) in [5.74, 6) is 1.95. The fourth-order valence-electron chi connectivity index (χ4n) is 6.02. The summed E-state index contributed by atoms with van der Waals surface area (Å²) in [5.41, 5.74) is 11.0. The van der Waals surface area contributed by atoms with Crippen molar-refractivity contribution in [3.63, 3.8) is 0 Å². The van der Waals surface area contributed by atoms with Crippen molar-refractivity contribution in [2.45, 2.75) is 0 Å². The summed E-state index contributed by atoms with van der Waals surface area (Å²) in [7, 11) is 0. The summed E-state index contributed by atoms with van der Waals surface area (Å²) >= 11 is 0. The average Bonchev–Trinajstić information content (AvgIpc) is 3.46. The molecule has 8 aromatic rings. The van der Waals surface area contributed by atoms with E-state index in [1.165, 1.54) is 0 Å². The Kier molecular flexibility index (Phi) is 6.03. The third-order valence-electron chi connectivity index (χ3n) is 8.29. The van der Waals surface area contributed by atoms with E-state index in [2.05, 4.69) is 48.5 Å². The van der Waals surface area contributed by atoms with Gasteiger partial charge in [0, 0.05) is 38.9 Å². The Bertz CT molecular complexity index is 2330. The highest BCUT2D eigenvalue weighted by atomic mass is 15.0. The van der Waals surface area contributed by atoms with E-state index in [1.54, 1.807) is 0 Å². The van der Waals surface area contributed by atoms with Gasteiger partial charge < -0.3 is 0 Å². The largest absolute Gasteiger partial charge is 0.228 e. The monoisotopic (exact) mass is 588 g/mol. The number of benzene rings is 5. The molecule has 1 aliphatic rings. The van der Waals surface area contributed by atoms with Crippen LogP contribution in [-0.2, 0) is 0 Å². The fourth-order valence-corrected chi connectivity index (χ4v) is 6.02. The van der Waals surface area contributed by atoms with E-state index < -0.39 is 0 Å². The Balaban J connectivity index is 1.16. The van der Waals surface area contributed by atoms with Crippen molar-refractivity contribution in [2.75, 3.05) is 0 Å². The van der Waals surface area contributed by atoms with Gasteiger partial charge >= 0.3 is 0 Å². The maximum absolute atomic E-state index is 5.08. The van der Waals surface area contributed by atoms with Gasteiger partial charge in [0.1, 0.15) is 0 Å². The van der Waals surface area contributed by atoms with E-state index in [-0.39, 0.29) is 0 Å². The van der Waals surface area contributed by atoms with Crippen molar-refractivity contribution in [3.8, 4) is 79.2 Å². The molecule has 5 aromatic carbocycles. The molecule has 0 aliphatic heterocycles. The van der Waals surface area contributed by atoms with Crippen LogP contribution in [-0.4, -0.2) is 29.9 Å². The Hall–Kier alpha value is -6.40. The Labute approximate surface area is 265 Å². The minimum Gasteiger partial charge on any atom is -0.228 e. The zero-order chi connectivity index (χ0) is 30.5. The summed E-state index contributed by atoms with van der Waals surface area (Å²) in [6.07, 6.45) is 0. The van der Waals surface area contributed by atoms with Crippen LogP contribution in [0.1, 0.15) is 0 Å². The van der Waals surface area contributed by atoms with E-state index in [1.807, 2.05) is 97.1 Å². The van der Waals surface area contributed by atoms with Crippen LogP contribution >= 0.6 is 0 Å². The van der Waals surface area contributed by atoms with Crippen molar-refractivity contribution in [2.24, 2.45) is 0 Å². The highest BCUT2D eigenvalue weighted by Gasteiger charge is 2.27. The van der Waals surface area contributed by atoms with Gasteiger partial charge in [0.05, 0.1) is 28.2 Å². The van der Waals surface area contributed by atoms with E-state index >= 15 is 0 Å². The predicted octanol–water partition coefficient (Wildman–Crippen LogP) is 9.19. The van der Waals surface area contributed by atoms with Crippen LogP contribution in [0.5, 0.6) is 0 Å². The highest BCUT2D eigenvalue weighted by molar-refractivity contribution is 6.11. The predicted molar refractivity (Wildman–Crippen MR) is 182 cm³/mol. The van der Waals surface area contributed by atoms with E-state index in [9.17, 15) is 0 Å². The molecule has 0 saturated carbocycles. The molecule has 9 rings (SSSR count). The molecule has 46 heavy (non-hydrogen) atoms. The van der Waals surface area contributed by atoms with Gasteiger partial charge in [-0.05, 0) is 6.07 Å². The van der Waals surface area contributed by atoms with Crippen LogP contribution in [0.4, 0.5) is 0 Å². The molecule has 0 N–H and O–H groups in total. The van der Waals surface area contributed by atoms with Gasteiger partial charge in [-0.2, -0.15) is 0 Å². The van der Waals surface area contributed by atoms with Gasteiger partial charge in [-0.25, -0.2) is 29.9 Å². The fraction of sp³-hybridized carbons (Fsp3) is 0. The summed E-state index contributed by atoms with van der Waals surface area (Å²) in [6, 6.07) is 48.9. The summed E-state index contributed by atoms with van der Waals surface area (Å²) in [6.45, 7) is 0. The molecule has 214 valence electrons. The molecule has 0 spiro atoms. The lowest BCUT2D eigenvalue weighted by Gasteiger charge is -2.10. The number of rotatable bonds is 5. The second kappa shape index (κ2) is 10.6. The normalized spacial score (nSPS) is 11.5. The maximum Gasteiger partial charge on any atom is 0.168 e. The minimum absolute atomic E-state index is 0.618. The standard InChI is InChI=1S/C40H24N6/c1-4-12-25(13-5-1)32-24-33(42-37(41-32)27-14-6-2-7-15-27)26-20-22-29(23-21-26)39-44-36-31-19-11-10-18-30(31)35-34(36)40(46-39)45-38(43-35)28-16-8-3-9-17-28/h1-24H. The number of hydrogen-bond donors (Lipinski definition) is 0. The highest BCUT2D eigenvalue weighted by Crippen LogP contribution is 2.45. The Morgan fingerprint density at radius 2 is 0.674 bits per heavy atom. The van der Waals surface area contributed by atoms with Crippen LogP contribution in [0.3, 0.4) is 0 Å². The zero-order valence-electron chi connectivity index (χ0n) is 24.5. The van der Waals surface area contributed by atoms with Gasteiger partial charge in [-0.15, -0.1) is 0 Å². The van der Waals surface area contributed by atoms with E-state index in [0.717, 1.165) is 67.1 Å². The number of aromatic nitrogens is 6. The Morgan fingerprint density at radius 3 is 1.17 bits per heavy atom. The second-order valence-electron chi connectivity index (χ2n) is 11.2. The van der Waals surface area contributed by atoms with Crippen LogP contribution < -0.4 is 0 Å². The average molecular weight is 589 g/mol. The zero-order valence-corrected chi connectivity index (χ0v) is 24.5. The van der Waals surface area contributed by atoms with Gasteiger partial charge in [0.2, 0.25) is 0 Å². The molecular weight excluding hydrogens is 564 g/mol. The van der Waals surface area contributed by atoms with Crippen molar-refractivity contribution in [1.29, 1.82) is 0 Å². The lowest BCUT2D eigenvalue weighted by atomic mass is 10.0. The van der Waals surface area contributed by atoms with Gasteiger partial charge in [-0.3, -0.25) is 0 Å². The summed E-state index contributed by atoms with van der Waals surface area (Å²) in [5, 5.41) is 0.893. The third-order valence-corrected chi connectivity index (χ3v) is 8.29. The second-order valence-corrected chi connectivity index (χ2v) is 11.2. The molecule has 6 heteroatoms. The molecule has 0 bridgehead atoms. The molecule has 1 aliphatic carbocycles. The molecule has 3 heterocycles. The topological polar surface area (TPSA) is 77.3 Å². The van der Waals surface area contributed by atoms with Crippen LogP contribution in [0.15, 0.2) is 146 Å². The van der Waals surface area contributed by atoms with Crippen LogP contribution in [0.2, 0.25) is 0 Å². The van der Waals surface area contributed by atoms with Crippen molar-refractivity contribution in [3.05, 3.63) is 146 Å². The molecular formula is C40H24N6. The van der Waals surface area contributed by atoms with Gasteiger partial charge in [-0.1, -0.05) is 140 Å². The number of nitrogens with zero attached hydrogens (tertiary/aromatic N) is 6. The first-order valence-corrected chi connectivity index (χ1v) is 15.1. The maximum atomic E-state index is 5.08. The SMILES string of the molecule is c1ccc(-c2cc(-c3ccc(-c4nc5c6c(nc(-c7ccccc7)nc6n4)-c4ccccc4-5)cc3)nc(-c3ccccc3)n2)cc1. The van der Waals surface area contributed by atoms with Gasteiger partial charge in [0.15, 0.2) is 23.1 Å². The molecule has 0 amide bonds. The minimum atomic E-state index is 0.618. The first kappa shape index (κ1) is 26.0. The summed E-state index contributed by atoms with van der Waals surface area (Å²) in [4.78, 5) is 29.9. The number of fused-ring (bicyclic) bond motifs is 3. The number of hydrogen-bond acceptors (Lipinski definition) is 6. The molecule has 0 saturated heterocycles. The lowest BCUT2D eigenvalue weighted by molar-refractivity contribution is 1.16. The van der Waals surface area contributed by atoms with Crippen LogP contribution in [0, 0.1) is 0 Å². The summed E-state index contributed by atoms with van der Waals surface area (Å²) < 4.78 is 0. The molecule has 3 aromatic heterocycles. The van der Waals surface area contributed by atoms with E-state index in [4.69, 9.17) is 29.9 Å². The van der Waals surface area contributed by atoms with Crippen molar-refractivity contribution < 1.29 is 0 Å². The first-order valence-electron chi connectivity index (χ1n) is 15.1. The van der Waals surface area contributed by atoms with Crippen LogP contribution in [0.25, 0.3) is 90.2 Å². The Morgan fingerprint density at radius 1 is 0.304 bits per heavy atom. The first-order chi connectivity index (χ1) is 22.8. The smallest absolute Gasteiger partial charge is 0.168 e.